The van der Waals surface area contributed by atoms with Crippen molar-refractivity contribution < 1.29 is 0 Å². The zero-order valence-electron chi connectivity index (χ0n) is 9.06. The Kier molecular flexibility index (Phi) is 1.91. The van der Waals surface area contributed by atoms with Crippen LogP contribution in [0.5, 0.6) is 0 Å². The van der Waals surface area contributed by atoms with Crippen molar-refractivity contribution >= 4 is 0 Å². The number of benzene rings is 1. The summed E-state index contributed by atoms with van der Waals surface area (Å²) in [6.45, 7) is 3.21. The van der Waals surface area contributed by atoms with Crippen molar-refractivity contribution in [1.29, 1.82) is 0 Å². The first-order valence-electron chi connectivity index (χ1n) is 5.71. The summed E-state index contributed by atoms with van der Waals surface area (Å²) in [5, 5.41) is 8.62. The summed E-state index contributed by atoms with van der Waals surface area (Å²) in [6.07, 6.45) is 2.43. The van der Waals surface area contributed by atoms with Gasteiger partial charge < -0.3 is 0 Å². The SMILES string of the molecule is C[C@@]12CC(c3ccccc3)C[C@@H]1CN=N2. The van der Waals surface area contributed by atoms with Gasteiger partial charge >= 0.3 is 0 Å². The standard InChI is InChI=1S/C13H16N2/c1-13-8-11(7-12(13)9-14-15-13)10-5-3-2-4-6-10/h2-6,11-12H,7-9H2,1H3/t11?,12-,13-/m1/s1. The third-order valence-electron chi connectivity index (χ3n) is 3.98. The van der Waals surface area contributed by atoms with Crippen LogP contribution in [-0.4, -0.2) is 12.1 Å². The topological polar surface area (TPSA) is 24.7 Å². The molecule has 1 unspecified atom stereocenters. The number of fused-ring (bicyclic) bond motifs is 1. The third kappa shape index (κ3) is 1.39. The fourth-order valence-corrected chi connectivity index (χ4v) is 3.02. The summed E-state index contributed by atoms with van der Waals surface area (Å²) in [7, 11) is 0. The van der Waals surface area contributed by atoms with Crippen LogP contribution in [-0.2, 0) is 0 Å². The average Bonchev–Trinajstić information content (AvgIpc) is 2.74. The Labute approximate surface area is 90.4 Å². The molecule has 0 spiro atoms. The fraction of sp³-hybridized carbons (Fsp3) is 0.538. The van der Waals surface area contributed by atoms with Gasteiger partial charge in [0, 0.05) is 5.92 Å². The highest BCUT2D eigenvalue weighted by Gasteiger charge is 2.47. The molecule has 2 heteroatoms. The molecule has 2 aliphatic rings. The number of azo groups is 1. The summed E-state index contributed by atoms with van der Waals surface area (Å²) in [6, 6.07) is 10.8. The Bertz CT molecular complexity index is 385. The maximum absolute atomic E-state index is 4.43. The van der Waals surface area contributed by atoms with Crippen molar-refractivity contribution in [3.63, 3.8) is 0 Å². The molecule has 1 aromatic carbocycles. The van der Waals surface area contributed by atoms with E-state index in [0.29, 0.717) is 11.8 Å². The Morgan fingerprint density at radius 1 is 1.27 bits per heavy atom. The molecule has 0 amide bonds. The van der Waals surface area contributed by atoms with Crippen LogP contribution in [0.1, 0.15) is 31.2 Å². The highest BCUT2D eigenvalue weighted by Crippen LogP contribution is 2.49. The second-order valence-electron chi connectivity index (χ2n) is 5.03. The Hall–Kier alpha value is -1.18. The van der Waals surface area contributed by atoms with E-state index in [9.17, 15) is 0 Å². The predicted molar refractivity (Wildman–Crippen MR) is 60.0 cm³/mol. The summed E-state index contributed by atoms with van der Waals surface area (Å²) in [5.41, 5.74) is 1.61. The lowest BCUT2D eigenvalue weighted by atomic mass is 9.91. The largest absolute Gasteiger partial charge is 0.193 e. The second kappa shape index (κ2) is 3.16. The van der Waals surface area contributed by atoms with E-state index in [-0.39, 0.29) is 5.54 Å². The van der Waals surface area contributed by atoms with E-state index < -0.39 is 0 Å². The molecule has 0 saturated heterocycles. The van der Waals surface area contributed by atoms with Gasteiger partial charge in [0.15, 0.2) is 0 Å². The minimum absolute atomic E-state index is 0.139. The van der Waals surface area contributed by atoms with Crippen molar-refractivity contribution in [2.75, 3.05) is 6.54 Å². The van der Waals surface area contributed by atoms with Gasteiger partial charge in [0.1, 0.15) is 0 Å². The van der Waals surface area contributed by atoms with Crippen molar-refractivity contribution in [3.8, 4) is 0 Å². The van der Waals surface area contributed by atoms with Crippen LogP contribution in [0.2, 0.25) is 0 Å². The minimum Gasteiger partial charge on any atom is -0.193 e. The first kappa shape index (κ1) is 9.08. The molecule has 1 saturated carbocycles. The average molecular weight is 200 g/mol. The van der Waals surface area contributed by atoms with Crippen molar-refractivity contribution in [3.05, 3.63) is 35.9 Å². The van der Waals surface area contributed by atoms with Crippen LogP contribution in [0.3, 0.4) is 0 Å². The van der Waals surface area contributed by atoms with Gasteiger partial charge in [-0.15, -0.1) is 0 Å². The summed E-state index contributed by atoms with van der Waals surface area (Å²) < 4.78 is 0. The molecular formula is C13H16N2. The quantitative estimate of drug-likeness (QED) is 0.663. The summed E-state index contributed by atoms with van der Waals surface area (Å²) >= 11 is 0. The van der Waals surface area contributed by atoms with Crippen molar-refractivity contribution in [1.82, 2.24) is 0 Å². The van der Waals surface area contributed by atoms with Gasteiger partial charge in [-0.05, 0) is 31.2 Å². The summed E-state index contributed by atoms with van der Waals surface area (Å²) in [4.78, 5) is 0. The zero-order valence-corrected chi connectivity index (χ0v) is 9.06. The lowest BCUT2D eigenvalue weighted by Gasteiger charge is -2.17. The molecule has 0 aromatic heterocycles. The molecule has 3 rings (SSSR count). The number of rotatable bonds is 1. The van der Waals surface area contributed by atoms with Crippen molar-refractivity contribution in [2.24, 2.45) is 16.1 Å². The van der Waals surface area contributed by atoms with Gasteiger partial charge in [-0.2, -0.15) is 10.2 Å². The maximum atomic E-state index is 4.43. The minimum atomic E-state index is 0.139. The van der Waals surface area contributed by atoms with Gasteiger partial charge in [0.25, 0.3) is 0 Å². The predicted octanol–water partition coefficient (Wildman–Crippen LogP) is 3.40. The zero-order chi connectivity index (χ0) is 10.3. The van der Waals surface area contributed by atoms with Gasteiger partial charge in [0.2, 0.25) is 0 Å². The lowest BCUT2D eigenvalue weighted by molar-refractivity contribution is 0.401. The smallest absolute Gasteiger partial charge is 0.0840 e. The fourth-order valence-electron chi connectivity index (χ4n) is 3.02. The van der Waals surface area contributed by atoms with Crippen LogP contribution in [0.15, 0.2) is 40.6 Å². The van der Waals surface area contributed by atoms with Crippen LogP contribution in [0, 0.1) is 5.92 Å². The molecule has 1 aliphatic heterocycles. The van der Waals surface area contributed by atoms with E-state index in [0.717, 1.165) is 6.54 Å². The van der Waals surface area contributed by atoms with Gasteiger partial charge in [0.05, 0.1) is 12.1 Å². The first-order chi connectivity index (χ1) is 7.28. The molecule has 3 atom stereocenters. The van der Waals surface area contributed by atoms with E-state index in [4.69, 9.17) is 0 Å². The molecule has 0 radical (unpaired) electrons. The Balaban J connectivity index is 1.85. The molecule has 1 aliphatic carbocycles. The van der Waals surface area contributed by atoms with Crippen LogP contribution >= 0.6 is 0 Å². The molecule has 15 heavy (non-hydrogen) atoms. The van der Waals surface area contributed by atoms with Crippen LogP contribution in [0.4, 0.5) is 0 Å². The number of hydrogen-bond donors (Lipinski definition) is 0. The first-order valence-corrected chi connectivity index (χ1v) is 5.71. The molecule has 2 nitrogen and oxygen atoms in total. The molecular weight excluding hydrogens is 184 g/mol. The highest BCUT2D eigenvalue weighted by molar-refractivity contribution is 5.23. The van der Waals surface area contributed by atoms with Crippen molar-refractivity contribution in [2.45, 2.75) is 31.2 Å². The van der Waals surface area contributed by atoms with Crippen LogP contribution < -0.4 is 0 Å². The third-order valence-corrected chi connectivity index (χ3v) is 3.98. The Morgan fingerprint density at radius 3 is 2.80 bits per heavy atom. The van der Waals surface area contributed by atoms with Gasteiger partial charge in [-0.1, -0.05) is 30.3 Å². The summed E-state index contributed by atoms with van der Waals surface area (Å²) in [5.74, 6) is 1.38. The van der Waals surface area contributed by atoms with E-state index in [1.165, 1.54) is 18.4 Å². The molecule has 0 bridgehead atoms. The molecule has 1 fully saturated rings. The maximum Gasteiger partial charge on any atom is 0.0840 e. The molecule has 78 valence electrons. The molecule has 1 aromatic rings. The second-order valence-corrected chi connectivity index (χ2v) is 5.03. The monoisotopic (exact) mass is 200 g/mol. The van der Waals surface area contributed by atoms with Gasteiger partial charge in [-0.3, -0.25) is 0 Å². The normalized spacial score (nSPS) is 38.2. The Morgan fingerprint density at radius 2 is 2.07 bits per heavy atom. The van der Waals surface area contributed by atoms with E-state index in [1.54, 1.807) is 0 Å². The highest BCUT2D eigenvalue weighted by atomic mass is 15.2. The number of nitrogens with zero attached hydrogens (tertiary/aromatic N) is 2. The molecule has 1 heterocycles. The van der Waals surface area contributed by atoms with E-state index in [1.807, 2.05) is 0 Å². The van der Waals surface area contributed by atoms with Gasteiger partial charge in [-0.25, -0.2) is 0 Å². The van der Waals surface area contributed by atoms with Crippen LogP contribution in [0.25, 0.3) is 0 Å². The lowest BCUT2D eigenvalue weighted by Crippen LogP contribution is -2.23. The molecule has 0 N–H and O–H groups in total. The number of hydrogen-bond acceptors (Lipinski definition) is 2. The van der Waals surface area contributed by atoms with E-state index >= 15 is 0 Å². The van der Waals surface area contributed by atoms with E-state index in [2.05, 4.69) is 47.5 Å².